The molecule has 1 aliphatic rings. The van der Waals surface area contributed by atoms with Gasteiger partial charge in [-0.05, 0) is 14.0 Å². The summed E-state index contributed by atoms with van der Waals surface area (Å²) in [5.74, 6) is 0.555. The van der Waals surface area contributed by atoms with Gasteiger partial charge in [0, 0.05) is 20.2 Å². The van der Waals surface area contributed by atoms with Crippen molar-refractivity contribution in [1.29, 1.82) is 0 Å². The van der Waals surface area contributed by atoms with Gasteiger partial charge in [0.25, 0.3) is 0 Å². The Morgan fingerprint density at radius 2 is 2.47 bits per heavy atom. The van der Waals surface area contributed by atoms with E-state index in [1.807, 2.05) is 14.0 Å². The summed E-state index contributed by atoms with van der Waals surface area (Å²) in [6, 6.07) is 0. The predicted molar refractivity (Wildman–Crippen MR) is 68.4 cm³/mol. The van der Waals surface area contributed by atoms with Crippen LogP contribution in [-0.4, -0.2) is 31.1 Å². The fraction of sp³-hybridized carbons (Fsp3) is 0.400. The van der Waals surface area contributed by atoms with Crippen molar-refractivity contribution in [3.8, 4) is 0 Å². The van der Waals surface area contributed by atoms with Crippen LogP contribution in [0.3, 0.4) is 0 Å². The molecule has 0 aromatic rings. The van der Waals surface area contributed by atoms with E-state index >= 15 is 0 Å². The van der Waals surface area contributed by atoms with Crippen LogP contribution in [0.1, 0.15) is 8.35 Å². The lowest BCUT2D eigenvalue weighted by molar-refractivity contribution is 0.308. The van der Waals surface area contributed by atoms with Crippen LogP contribution in [0.5, 0.6) is 0 Å². The topological polar surface area (TPSA) is 46.0 Å². The van der Waals surface area contributed by atoms with Gasteiger partial charge in [-0.3, -0.25) is 4.99 Å². The Morgan fingerprint density at radius 3 is 3.20 bits per heavy atom. The first-order valence-electron chi connectivity index (χ1n) is 4.66. The standard InChI is InChI=1S/C10H15N3OS.H2/c1-8-12-5-4-10(13-9(2)15-8)14-7-6-11-3;/h4-5,11H,2,6-7H2,1,3H3;1H/b5-4-,12-8?,13-10+;. The summed E-state index contributed by atoms with van der Waals surface area (Å²) in [6.07, 6.45) is 3.43. The zero-order valence-corrected chi connectivity index (χ0v) is 9.80. The van der Waals surface area contributed by atoms with Gasteiger partial charge in [-0.25, -0.2) is 4.99 Å². The normalized spacial score (nSPS) is 22.1. The molecule has 15 heavy (non-hydrogen) atoms. The molecule has 84 valence electrons. The van der Waals surface area contributed by atoms with Crippen LogP contribution < -0.4 is 5.32 Å². The largest absolute Gasteiger partial charge is 0.476 e. The molecule has 1 heterocycles. The Bertz CT molecular complexity index is 326. The van der Waals surface area contributed by atoms with E-state index in [0.29, 0.717) is 17.5 Å². The summed E-state index contributed by atoms with van der Waals surface area (Å²) < 4.78 is 5.42. The molecule has 0 amide bonds. The van der Waals surface area contributed by atoms with Crippen molar-refractivity contribution in [3.63, 3.8) is 0 Å². The molecule has 0 unspecified atom stereocenters. The summed E-state index contributed by atoms with van der Waals surface area (Å²) in [5, 5.41) is 4.61. The van der Waals surface area contributed by atoms with E-state index < -0.39 is 0 Å². The molecule has 5 heteroatoms. The van der Waals surface area contributed by atoms with Gasteiger partial charge in [0.1, 0.15) is 6.61 Å². The van der Waals surface area contributed by atoms with Crippen LogP contribution in [0.4, 0.5) is 0 Å². The highest BCUT2D eigenvalue weighted by Crippen LogP contribution is 2.18. The average molecular weight is 227 g/mol. The number of hydrogen-bond acceptors (Lipinski definition) is 5. The second-order valence-corrected chi connectivity index (χ2v) is 4.13. The highest BCUT2D eigenvalue weighted by molar-refractivity contribution is 8.17. The third-order valence-corrected chi connectivity index (χ3v) is 2.30. The molecule has 1 rings (SSSR count). The third kappa shape index (κ3) is 4.80. The van der Waals surface area contributed by atoms with Crippen molar-refractivity contribution < 1.29 is 6.16 Å². The first kappa shape index (κ1) is 12.0. The van der Waals surface area contributed by atoms with Crippen molar-refractivity contribution >= 4 is 22.7 Å². The minimum absolute atomic E-state index is 0. The minimum Gasteiger partial charge on any atom is -0.476 e. The molecular formula is C10H17N3OS. The second-order valence-electron chi connectivity index (χ2n) is 2.86. The molecule has 0 atom stereocenters. The van der Waals surface area contributed by atoms with E-state index in [2.05, 4.69) is 21.9 Å². The van der Waals surface area contributed by atoms with Crippen molar-refractivity contribution in [3.05, 3.63) is 23.9 Å². The number of hydrogen-bond donors (Lipinski definition) is 1. The molecule has 0 spiro atoms. The number of aliphatic imine (C=N–C) groups is 2. The number of nitrogens with zero attached hydrogens (tertiary/aromatic N) is 2. The van der Waals surface area contributed by atoms with Crippen LogP contribution in [0.15, 0.2) is 33.9 Å². The molecule has 1 N–H and O–H groups in total. The number of likely N-dealkylation sites (N-methyl/N-ethyl adjacent to an activating group) is 1. The maximum absolute atomic E-state index is 5.42. The van der Waals surface area contributed by atoms with Gasteiger partial charge in [0.15, 0.2) is 0 Å². The summed E-state index contributed by atoms with van der Waals surface area (Å²) >= 11 is 1.44. The maximum atomic E-state index is 5.42. The summed E-state index contributed by atoms with van der Waals surface area (Å²) in [7, 11) is 1.88. The smallest absolute Gasteiger partial charge is 0.215 e. The number of thioether (sulfide) groups is 1. The second kappa shape index (κ2) is 6.42. The van der Waals surface area contributed by atoms with Crippen molar-refractivity contribution in [2.75, 3.05) is 20.2 Å². The molecular weight excluding hydrogens is 210 g/mol. The predicted octanol–water partition coefficient (Wildman–Crippen LogP) is 2.02. The van der Waals surface area contributed by atoms with E-state index in [4.69, 9.17) is 4.74 Å². The molecule has 0 aliphatic carbocycles. The quantitative estimate of drug-likeness (QED) is 0.750. The molecule has 0 bridgehead atoms. The van der Waals surface area contributed by atoms with Crippen LogP contribution in [0.2, 0.25) is 0 Å². The first-order valence-corrected chi connectivity index (χ1v) is 5.48. The van der Waals surface area contributed by atoms with Gasteiger partial charge in [-0.2, -0.15) is 0 Å². The monoisotopic (exact) mass is 227 g/mol. The highest BCUT2D eigenvalue weighted by Gasteiger charge is 2.02. The van der Waals surface area contributed by atoms with Crippen LogP contribution in [-0.2, 0) is 4.74 Å². The molecule has 1 aliphatic heterocycles. The number of nitrogens with one attached hydrogen (secondary N) is 1. The Morgan fingerprint density at radius 1 is 1.67 bits per heavy atom. The maximum Gasteiger partial charge on any atom is 0.215 e. The molecule has 0 saturated carbocycles. The lowest BCUT2D eigenvalue weighted by Crippen LogP contribution is -2.16. The molecule has 0 aromatic heterocycles. The molecule has 0 radical (unpaired) electrons. The van der Waals surface area contributed by atoms with E-state index in [1.54, 1.807) is 12.3 Å². The SMILES string of the molecule is C=C1/N=C(OCCNC)\C=C/N=C(C)S1.[HH]. The summed E-state index contributed by atoms with van der Waals surface area (Å²) in [5.41, 5.74) is 0. The van der Waals surface area contributed by atoms with Crippen molar-refractivity contribution in [1.82, 2.24) is 5.32 Å². The third-order valence-electron chi connectivity index (χ3n) is 1.58. The molecule has 0 aromatic carbocycles. The number of rotatable bonds is 3. The van der Waals surface area contributed by atoms with Crippen LogP contribution in [0, 0.1) is 0 Å². The van der Waals surface area contributed by atoms with E-state index in [0.717, 1.165) is 11.6 Å². The Kier molecular flexibility index (Phi) is 5.14. The summed E-state index contributed by atoms with van der Waals surface area (Å²) in [4.78, 5) is 8.40. The van der Waals surface area contributed by atoms with Crippen LogP contribution >= 0.6 is 11.8 Å². The van der Waals surface area contributed by atoms with Gasteiger partial charge < -0.3 is 10.1 Å². The Hall–Kier alpha value is -1.07. The fourth-order valence-corrected chi connectivity index (χ4v) is 1.51. The van der Waals surface area contributed by atoms with Crippen molar-refractivity contribution in [2.24, 2.45) is 9.98 Å². The van der Waals surface area contributed by atoms with E-state index in [9.17, 15) is 0 Å². The minimum atomic E-state index is 0. The average Bonchev–Trinajstić information content (AvgIpc) is 2.15. The lowest BCUT2D eigenvalue weighted by atomic mass is 10.5. The zero-order chi connectivity index (χ0) is 11.1. The van der Waals surface area contributed by atoms with Gasteiger partial charge in [0.2, 0.25) is 5.90 Å². The van der Waals surface area contributed by atoms with E-state index in [-0.39, 0.29) is 1.43 Å². The number of ether oxygens (including phenoxy) is 1. The molecule has 0 saturated heterocycles. The molecule has 4 nitrogen and oxygen atoms in total. The van der Waals surface area contributed by atoms with Gasteiger partial charge in [-0.15, -0.1) is 0 Å². The molecule has 0 fully saturated rings. The van der Waals surface area contributed by atoms with Gasteiger partial charge in [0.05, 0.1) is 10.1 Å². The fourth-order valence-electron chi connectivity index (χ4n) is 0.924. The lowest BCUT2D eigenvalue weighted by Gasteiger charge is -2.07. The Labute approximate surface area is 95.7 Å². The Balaban J connectivity index is 0.00000225. The summed E-state index contributed by atoms with van der Waals surface area (Å²) in [6.45, 7) is 7.10. The first-order chi connectivity index (χ1) is 7.22. The van der Waals surface area contributed by atoms with Gasteiger partial charge >= 0.3 is 0 Å². The van der Waals surface area contributed by atoms with Crippen LogP contribution in [0.25, 0.3) is 0 Å². The van der Waals surface area contributed by atoms with Gasteiger partial charge in [-0.1, -0.05) is 18.3 Å². The van der Waals surface area contributed by atoms with E-state index in [1.165, 1.54) is 11.8 Å². The van der Waals surface area contributed by atoms with Crippen molar-refractivity contribution in [2.45, 2.75) is 6.92 Å². The zero-order valence-electron chi connectivity index (χ0n) is 8.99. The highest BCUT2D eigenvalue weighted by atomic mass is 32.2.